The number of benzene rings is 1. The van der Waals surface area contributed by atoms with Gasteiger partial charge in [-0.3, -0.25) is 4.79 Å². The number of amides is 1. The van der Waals surface area contributed by atoms with Crippen molar-refractivity contribution in [3.8, 4) is 11.3 Å². The molecule has 2 aromatic rings. The summed E-state index contributed by atoms with van der Waals surface area (Å²) in [4.78, 5) is 16.4. The molecule has 4 heteroatoms. The number of rotatable bonds is 6. The van der Waals surface area contributed by atoms with E-state index in [-0.39, 0.29) is 5.91 Å². The molecular formula is C18H21N3O. The lowest BCUT2D eigenvalue weighted by molar-refractivity contribution is -0.117. The van der Waals surface area contributed by atoms with E-state index in [9.17, 15) is 4.79 Å². The molecule has 0 bridgehead atoms. The van der Waals surface area contributed by atoms with Crippen molar-refractivity contribution in [3.63, 3.8) is 0 Å². The number of aromatic nitrogens is 2. The van der Waals surface area contributed by atoms with Crippen molar-refractivity contribution in [2.24, 2.45) is 7.05 Å². The van der Waals surface area contributed by atoms with Gasteiger partial charge in [0.25, 0.3) is 0 Å². The van der Waals surface area contributed by atoms with E-state index in [0.717, 1.165) is 22.8 Å². The van der Waals surface area contributed by atoms with E-state index >= 15 is 0 Å². The molecule has 0 atom stereocenters. The van der Waals surface area contributed by atoms with Crippen molar-refractivity contribution in [3.05, 3.63) is 66.7 Å². The smallest absolute Gasteiger partial charge is 0.246 e. The highest BCUT2D eigenvalue weighted by molar-refractivity contribution is 5.92. The number of hydrogen-bond donors (Lipinski definition) is 1. The third-order valence-corrected chi connectivity index (χ3v) is 3.44. The maximum absolute atomic E-state index is 11.7. The Balaban J connectivity index is 2.39. The van der Waals surface area contributed by atoms with Crippen LogP contribution in [-0.4, -0.2) is 15.5 Å². The lowest BCUT2D eigenvalue weighted by Crippen LogP contribution is -2.23. The predicted molar refractivity (Wildman–Crippen MR) is 89.2 cm³/mol. The molecule has 0 saturated heterocycles. The zero-order valence-corrected chi connectivity index (χ0v) is 13.1. The Morgan fingerprint density at radius 1 is 1.36 bits per heavy atom. The van der Waals surface area contributed by atoms with Gasteiger partial charge >= 0.3 is 0 Å². The van der Waals surface area contributed by atoms with Crippen LogP contribution in [0.3, 0.4) is 0 Å². The van der Waals surface area contributed by atoms with Crippen molar-refractivity contribution in [2.45, 2.75) is 19.9 Å². The molecule has 1 aromatic heterocycles. The number of carbonyl (C=O) groups is 1. The average molecular weight is 295 g/mol. The van der Waals surface area contributed by atoms with Crippen LogP contribution in [0.4, 0.5) is 0 Å². The van der Waals surface area contributed by atoms with Crippen molar-refractivity contribution in [1.82, 2.24) is 14.9 Å². The molecule has 0 aliphatic carbocycles. The number of nitrogens with zero attached hydrogens (tertiary/aromatic N) is 2. The Morgan fingerprint density at radius 3 is 2.64 bits per heavy atom. The highest BCUT2D eigenvalue weighted by Gasteiger charge is 2.16. The molecule has 0 fully saturated rings. The summed E-state index contributed by atoms with van der Waals surface area (Å²) in [6, 6.07) is 10.0. The van der Waals surface area contributed by atoms with Crippen LogP contribution in [0.2, 0.25) is 0 Å². The zero-order valence-electron chi connectivity index (χ0n) is 13.1. The first-order chi connectivity index (χ1) is 10.5. The van der Waals surface area contributed by atoms with Gasteiger partial charge in [-0.2, -0.15) is 0 Å². The summed E-state index contributed by atoms with van der Waals surface area (Å²) >= 11 is 0. The van der Waals surface area contributed by atoms with Gasteiger partial charge in [0.05, 0.1) is 17.9 Å². The summed E-state index contributed by atoms with van der Waals surface area (Å²) in [5.74, 6) is 0.767. The molecular weight excluding hydrogens is 274 g/mol. The van der Waals surface area contributed by atoms with Crippen LogP contribution >= 0.6 is 0 Å². The standard InChI is InChI=1S/C18H21N3O/c1-5-9-16-20-15(12-19-18(22)13(2)3)17(21(16)4)14-10-7-6-8-11-14/h5-8,10-11H,1-2,9,12H2,3-4H3,(H,19,22). The van der Waals surface area contributed by atoms with E-state index in [1.54, 1.807) is 6.92 Å². The second-order valence-electron chi connectivity index (χ2n) is 5.20. The number of imidazole rings is 1. The first-order valence-corrected chi connectivity index (χ1v) is 7.19. The summed E-state index contributed by atoms with van der Waals surface area (Å²) in [5, 5.41) is 2.85. The van der Waals surface area contributed by atoms with E-state index in [2.05, 4.69) is 28.0 Å². The van der Waals surface area contributed by atoms with Gasteiger partial charge in [0.1, 0.15) is 5.82 Å². The van der Waals surface area contributed by atoms with E-state index < -0.39 is 0 Å². The van der Waals surface area contributed by atoms with Crippen LogP contribution in [0, 0.1) is 0 Å². The third-order valence-electron chi connectivity index (χ3n) is 3.44. The van der Waals surface area contributed by atoms with Gasteiger partial charge in [0.2, 0.25) is 5.91 Å². The van der Waals surface area contributed by atoms with Crippen molar-refractivity contribution >= 4 is 5.91 Å². The molecule has 2 rings (SSSR count). The molecule has 4 nitrogen and oxygen atoms in total. The average Bonchev–Trinajstić information content (AvgIpc) is 2.82. The second-order valence-corrected chi connectivity index (χ2v) is 5.20. The molecule has 0 radical (unpaired) electrons. The summed E-state index contributed by atoms with van der Waals surface area (Å²) in [7, 11) is 1.98. The molecule has 0 spiro atoms. The minimum atomic E-state index is -0.157. The summed E-state index contributed by atoms with van der Waals surface area (Å²) in [6.45, 7) is 9.49. The monoisotopic (exact) mass is 295 g/mol. The minimum absolute atomic E-state index is 0.157. The number of nitrogens with one attached hydrogen (secondary N) is 1. The molecule has 0 aliphatic rings. The van der Waals surface area contributed by atoms with Gasteiger partial charge in [-0.1, -0.05) is 43.0 Å². The van der Waals surface area contributed by atoms with Gasteiger partial charge in [-0.05, 0) is 6.92 Å². The molecule has 1 amide bonds. The maximum Gasteiger partial charge on any atom is 0.246 e. The highest BCUT2D eigenvalue weighted by atomic mass is 16.1. The quantitative estimate of drug-likeness (QED) is 0.658. The van der Waals surface area contributed by atoms with Crippen LogP contribution in [0.5, 0.6) is 0 Å². The van der Waals surface area contributed by atoms with E-state index in [1.807, 2.05) is 43.5 Å². The summed E-state index contributed by atoms with van der Waals surface area (Å²) < 4.78 is 2.05. The Morgan fingerprint density at radius 2 is 2.05 bits per heavy atom. The van der Waals surface area contributed by atoms with Gasteiger partial charge in [-0.15, -0.1) is 6.58 Å². The van der Waals surface area contributed by atoms with Crippen LogP contribution in [-0.2, 0) is 24.8 Å². The topological polar surface area (TPSA) is 46.9 Å². The molecule has 0 saturated carbocycles. The third kappa shape index (κ3) is 3.34. The van der Waals surface area contributed by atoms with E-state index in [4.69, 9.17) is 0 Å². The largest absolute Gasteiger partial charge is 0.347 e. The Bertz CT molecular complexity index is 699. The maximum atomic E-state index is 11.7. The first-order valence-electron chi connectivity index (χ1n) is 7.19. The lowest BCUT2D eigenvalue weighted by Gasteiger charge is -2.08. The minimum Gasteiger partial charge on any atom is -0.347 e. The molecule has 0 aliphatic heterocycles. The fourth-order valence-electron chi connectivity index (χ4n) is 2.31. The number of hydrogen-bond acceptors (Lipinski definition) is 2. The second kappa shape index (κ2) is 6.89. The Hall–Kier alpha value is -2.62. The Labute approximate surface area is 131 Å². The summed E-state index contributed by atoms with van der Waals surface area (Å²) in [6.07, 6.45) is 2.51. The van der Waals surface area contributed by atoms with Crippen molar-refractivity contribution in [2.75, 3.05) is 0 Å². The van der Waals surface area contributed by atoms with Crippen LogP contribution in [0.25, 0.3) is 11.3 Å². The molecule has 0 unspecified atom stereocenters. The fraction of sp³-hybridized carbons (Fsp3) is 0.222. The van der Waals surface area contributed by atoms with E-state index in [0.29, 0.717) is 18.5 Å². The lowest BCUT2D eigenvalue weighted by atomic mass is 10.1. The summed E-state index contributed by atoms with van der Waals surface area (Å²) in [5.41, 5.74) is 3.43. The normalized spacial score (nSPS) is 10.3. The van der Waals surface area contributed by atoms with Gasteiger partial charge in [0, 0.05) is 24.6 Å². The molecule has 22 heavy (non-hydrogen) atoms. The molecule has 1 N–H and O–H groups in total. The van der Waals surface area contributed by atoms with Crippen LogP contribution < -0.4 is 5.32 Å². The van der Waals surface area contributed by atoms with Crippen LogP contribution in [0.1, 0.15) is 18.4 Å². The van der Waals surface area contributed by atoms with Crippen LogP contribution in [0.15, 0.2) is 55.1 Å². The number of carbonyl (C=O) groups excluding carboxylic acids is 1. The highest BCUT2D eigenvalue weighted by Crippen LogP contribution is 2.24. The van der Waals surface area contributed by atoms with Gasteiger partial charge < -0.3 is 9.88 Å². The SMILES string of the molecule is C=CCc1nc(CNC(=O)C(=C)C)c(-c2ccccc2)n1C. The van der Waals surface area contributed by atoms with Gasteiger partial charge in [0.15, 0.2) is 0 Å². The van der Waals surface area contributed by atoms with Crippen molar-refractivity contribution < 1.29 is 4.79 Å². The van der Waals surface area contributed by atoms with E-state index in [1.165, 1.54) is 0 Å². The van der Waals surface area contributed by atoms with Crippen molar-refractivity contribution in [1.29, 1.82) is 0 Å². The fourth-order valence-corrected chi connectivity index (χ4v) is 2.31. The first kappa shape index (κ1) is 15.8. The number of allylic oxidation sites excluding steroid dienone is 1. The predicted octanol–water partition coefficient (Wildman–Crippen LogP) is 3.01. The zero-order chi connectivity index (χ0) is 16.1. The molecule has 1 aromatic carbocycles. The molecule has 1 heterocycles. The molecule has 114 valence electrons. The van der Waals surface area contributed by atoms with Gasteiger partial charge in [-0.25, -0.2) is 4.98 Å². The Kier molecular flexibility index (Phi) is 4.94.